The molecule has 0 spiro atoms. The van der Waals surface area contributed by atoms with Crippen LogP contribution in [0.3, 0.4) is 0 Å². The molecule has 0 heterocycles. The Hall–Kier alpha value is -1.50. The fraction of sp³-hybridized carbons (Fsp3) is 0.750. The first-order valence-corrected chi connectivity index (χ1v) is 7.52. The molecule has 4 rings (SSSR count). The van der Waals surface area contributed by atoms with E-state index in [2.05, 4.69) is 17.2 Å². The van der Waals surface area contributed by atoms with Gasteiger partial charge in [0, 0.05) is 5.41 Å². The summed E-state index contributed by atoms with van der Waals surface area (Å²) in [5.74, 6) is 6.79. The van der Waals surface area contributed by atoms with Crippen molar-refractivity contribution in [2.24, 2.45) is 23.2 Å². The molecule has 4 fully saturated rings. The molecule has 0 radical (unpaired) electrons. The van der Waals surface area contributed by atoms with Crippen molar-refractivity contribution in [3.05, 3.63) is 0 Å². The van der Waals surface area contributed by atoms with E-state index in [9.17, 15) is 9.59 Å². The van der Waals surface area contributed by atoms with Crippen molar-refractivity contribution >= 4 is 11.9 Å². The lowest BCUT2D eigenvalue weighted by molar-refractivity contribution is -0.140. The SMILES string of the molecule is CC(NC(=O)C#CC12CC3CC(CC(C3)C1)C2)C(=O)O. The smallest absolute Gasteiger partial charge is 0.325 e. The Labute approximate surface area is 119 Å². The average Bonchev–Trinajstić information content (AvgIpc) is 2.34. The van der Waals surface area contributed by atoms with Crippen LogP contribution in [0.4, 0.5) is 0 Å². The van der Waals surface area contributed by atoms with E-state index in [1.54, 1.807) is 0 Å². The highest BCUT2D eigenvalue weighted by Crippen LogP contribution is 2.59. The fourth-order valence-electron chi connectivity index (χ4n) is 4.75. The highest BCUT2D eigenvalue weighted by atomic mass is 16.4. The highest BCUT2D eigenvalue weighted by molar-refractivity contribution is 5.96. The number of carboxylic acid groups (broad SMARTS) is 1. The molecule has 0 aliphatic heterocycles. The van der Waals surface area contributed by atoms with E-state index in [4.69, 9.17) is 5.11 Å². The number of carboxylic acids is 1. The molecule has 0 aromatic carbocycles. The fourth-order valence-corrected chi connectivity index (χ4v) is 4.75. The Morgan fingerprint density at radius 1 is 1.15 bits per heavy atom. The van der Waals surface area contributed by atoms with Crippen LogP contribution in [0.15, 0.2) is 0 Å². The summed E-state index contributed by atoms with van der Waals surface area (Å²) in [5, 5.41) is 11.2. The molecule has 0 aromatic heterocycles. The Morgan fingerprint density at radius 3 is 2.10 bits per heavy atom. The molecule has 1 unspecified atom stereocenters. The molecule has 4 aliphatic rings. The van der Waals surface area contributed by atoms with Gasteiger partial charge < -0.3 is 10.4 Å². The number of carbonyl (C=O) groups excluding carboxylic acids is 1. The van der Waals surface area contributed by atoms with Gasteiger partial charge in [0.1, 0.15) is 6.04 Å². The normalized spacial score (nSPS) is 38.8. The van der Waals surface area contributed by atoms with Crippen LogP contribution in [0, 0.1) is 35.0 Å². The van der Waals surface area contributed by atoms with Gasteiger partial charge in [-0.3, -0.25) is 9.59 Å². The van der Waals surface area contributed by atoms with E-state index >= 15 is 0 Å². The van der Waals surface area contributed by atoms with Crippen LogP contribution in [0.1, 0.15) is 45.4 Å². The number of aliphatic carboxylic acids is 1. The summed E-state index contributed by atoms with van der Waals surface area (Å²) in [5.41, 5.74) is 0.0402. The first-order valence-electron chi connectivity index (χ1n) is 7.52. The van der Waals surface area contributed by atoms with Crippen LogP contribution in [0.25, 0.3) is 0 Å². The predicted molar refractivity (Wildman–Crippen MR) is 73.6 cm³/mol. The third-order valence-corrected chi connectivity index (χ3v) is 5.20. The summed E-state index contributed by atoms with van der Waals surface area (Å²) in [6, 6.07) is -0.881. The minimum Gasteiger partial charge on any atom is -0.480 e. The number of nitrogens with one attached hydrogen (secondary N) is 1. The first kappa shape index (κ1) is 13.5. The summed E-state index contributed by atoms with van der Waals surface area (Å²) in [4.78, 5) is 22.4. The molecule has 108 valence electrons. The van der Waals surface area contributed by atoms with Gasteiger partial charge in [-0.05, 0) is 69.1 Å². The van der Waals surface area contributed by atoms with Crippen molar-refractivity contribution in [1.82, 2.24) is 5.32 Å². The van der Waals surface area contributed by atoms with Gasteiger partial charge in [0.25, 0.3) is 5.91 Å². The third-order valence-electron chi connectivity index (χ3n) is 5.20. The van der Waals surface area contributed by atoms with Gasteiger partial charge in [-0.25, -0.2) is 0 Å². The molecule has 4 aliphatic carbocycles. The quantitative estimate of drug-likeness (QED) is 0.755. The number of amides is 1. The molecule has 1 atom stereocenters. The Morgan fingerprint density at radius 2 is 1.65 bits per heavy atom. The van der Waals surface area contributed by atoms with Gasteiger partial charge in [-0.2, -0.15) is 0 Å². The van der Waals surface area contributed by atoms with Crippen LogP contribution in [0.5, 0.6) is 0 Å². The van der Waals surface area contributed by atoms with Crippen LogP contribution in [-0.4, -0.2) is 23.0 Å². The van der Waals surface area contributed by atoms with Crippen molar-refractivity contribution in [1.29, 1.82) is 0 Å². The molecular formula is C16H21NO3. The lowest BCUT2D eigenvalue weighted by Gasteiger charge is -2.54. The monoisotopic (exact) mass is 275 g/mol. The van der Waals surface area contributed by atoms with Gasteiger partial charge in [-0.15, -0.1) is 0 Å². The summed E-state index contributed by atoms with van der Waals surface area (Å²) in [6.07, 6.45) is 7.45. The lowest BCUT2D eigenvalue weighted by Crippen LogP contribution is -2.45. The van der Waals surface area contributed by atoms with Gasteiger partial charge in [0.15, 0.2) is 0 Å². The largest absolute Gasteiger partial charge is 0.480 e. The molecule has 0 aromatic rings. The summed E-state index contributed by atoms with van der Waals surface area (Å²) >= 11 is 0. The van der Waals surface area contributed by atoms with Crippen LogP contribution >= 0.6 is 0 Å². The van der Waals surface area contributed by atoms with Gasteiger partial charge in [0.2, 0.25) is 0 Å². The zero-order chi connectivity index (χ0) is 14.3. The van der Waals surface area contributed by atoms with Gasteiger partial charge in [0.05, 0.1) is 0 Å². The third kappa shape index (κ3) is 2.54. The van der Waals surface area contributed by atoms with Crippen molar-refractivity contribution in [2.45, 2.75) is 51.5 Å². The van der Waals surface area contributed by atoms with Crippen LogP contribution in [-0.2, 0) is 9.59 Å². The number of rotatable bonds is 2. The number of hydrogen-bond acceptors (Lipinski definition) is 2. The Kier molecular flexibility index (Phi) is 3.24. The first-order chi connectivity index (χ1) is 9.46. The highest BCUT2D eigenvalue weighted by Gasteiger charge is 2.50. The molecule has 1 amide bonds. The summed E-state index contributed by atoms with van der Waals surface area (Å²) in [7, 11) is 0. The van der Waals surface area contributed by atoms with E-state index in [1.165, 1.54) is 26.2 Å². The maximum Gasteiger partial charge on any atom is 0.325 e. The molecule has 4 bridgehead atoms. The van der Waals surface area contributed by atoms with Crippen molar-refractivity contribution in [3.63, 3.8) is 0 Å². The van der Waals surface area contributed by atoms with E-state index in [-0.39, 0.29) is 5.41 Å². The second kappa shape index (κ2) is 4.80. The van der Waals surface area contributed by atoms with Crippen LogP contribution < -0.4 is 5.32 Å². The topological polar surface area (TPSA) is 66.4 Å². The van der Waals surface area contributed by atoms with E-state index in [1.807, 2.05) is 0 Å². The van der Waals surface area contributed by atoms with Gasteiger partial charge in [-0.1, -0.05) is 5.92 Å². The molecule has 2 N–H and O–H groups in total. The van der Waals surface area contributed by atoms with E-state index in [0.29, 0.717) is 0 Å². The molecule has 4 nitrogen and oxygen atoms in total. The molecule has 4 heteroatoms. The summed E-state index contributed by atoms with van der Waals surface area (Å²) < 4.78 is 0. The maximum atomic E-state index is 11.7. The molecule has 0 saturated heterocycles. The standard InChI is InChI=1S/C16H21NO3/c1-10(15(19)20)17-14(18)2-3-16-7-11-4-12(8-16)6-13(5-11)9-16/h10-13H,4-9H2,1H3,(H,17,18)(H,19,20). The van der Waals surface area contributed by atoms with Crippen molar-refractivity contribution in [2.75, 3.05) is 0 Å². The Balaban J connectivity index is 1.67. The zero-order valence-electron chi connectivity index (χ0n) is 11.8. The second-order valence-corrected chi connectivity index (χ2v) is 6.98. The molecule has 4 saturated carbocycles. The van der Waals surface area contributed by atoms with Crippen molar-refractivity contribution < 1.29 is 14.7 Å². The zero-order valence-corrected chi connectivity index (χ0v) is 11.8. The minimum absolute atomic E-state index is 0.0402. The Bertz CT molecular complexity index is 464. The van der Waals surface area contributed by atoms with Crippen molar-refractivity contribution in [3.8, 4) is 11.8 Å². The van der Waals surface area contributed by atoms with E-state index in [0.717, 1.165) is 37.0 Å². The molecule has 20 heavy (non-hydrogen) atoms. The minimum atomic E-state index is -1.03. The number of hydrogen-bond donors (Lipinski definition) is 2. The number of carbonyl (C=O) groups is 2. The lowest BCUT2D eigenvalue weighted by atomic mass is 9.50. The predicted octanol–water partition coefficient (Wildman–Crippen LogP) is 1.80. The van der Waals surface area contributed by atoms with Crippen LogP contribution in [0.2, 0.25) is 0 Å². The summed E-state index contributed by atoms with van der Waals surface area (Å²) in [6.45, 7) is 1.45. The maximum absolute atomic E-state index is 11.7. The second-order valence-electron chi connectivity index (χ2n) is 6.98. The average molecular weight is 275 g/mol. The van der Waals surface area contributed by atoms with Gasteiger partial charge >= 0.3 is 5.97 Å². The van der Waals surface area contributed by atoms with E-state index < -0.39 is 17.9 Å². The molecular weight excluding hydrogens is 254 g/mol.